The maximum absolute atomic E-state index is 9.40. The first-order chi connectivity index (χ1) is 16.7. The zero-order chi connectivity index (χ0) is 23.8. The summed E-state index contributed by atoms with van der Waals surface area (Å²) in [5.41, 5.74) is 1.37. The Labute approximate surface area is 205 Å². The number of aliphatic hydroxyl groups is 1. The average molecular weight is 471 g/mol. The fourth-order valence-corrected chi connectivity index (χ4v) is 5.93. The second-order valence-electron chi connectivity index (χ2n) is 10.4. The molecule has 8 atom stereocenters. The van der Waals surface area contributed by atoms with E-state index in [0.717, 1.165) is 77.4 Å². The Morgan fingerprint density at radius 3 is 2.53 bits per heavy atom. The van der Waals surface area contributed by atoms with Crippen LogP contribution < -0.4 is 0 Å². The molecule has 0 spiro atoms. The number of aliphatic hydroxyl groups excluding tert-OH is 1. The summed E-state index contributed by atoms with van der Waals surface area (Å²) in [7, 11) is 0. The number of ether oxygens (including phenoxy) is 4. The first kappa shape index (κ1) is 25.7. The minimum Gasteiger partial charge on any atom is -0.392 e. The molecule has 4 aliphatic rings. The summed E-state index contributed by atoms with van der Waals surface area (Å²) < 4.78 is 24.7. The molecule has 2 saturated carbocycles. The lowest BCUT2D eigenvalue weighted by Gasteiger charge is -2.29. The molecule has 2 saturated heterocycles. The van der Waals surface area contributed by atoms with Crippen molar-refractivity contribution in [2.24, 2.45) is 23.7 Å². The van der Waals surface area contributed by atoms with E-state index >= 15 is 0 Å². The minimum atomic E-state index is -0.205. The fourth-order valence-electron chi connectivity index (χ4n) is 5.93. The van der Waals surface area contributed by atoms with E-state index < -0.39 is 0 Å². The molecular weight excluding hydrogens is 428 g/mol. The fraction of sp³-hybridized carbons (Fsp3) is 0.793. The highest BCUT2D eigenvalue weighted by molar-refractivity contribution is 5.22. The molecule has 2 aliphatic carbocycles. The summed E-state index contributed by atoms with van der Waals surface area (Å²) in [6, 6.07) is 0. The van der Waals surface area contributed by atoms with Gasteiger partial charge in [-0.05, 0) is 76.5 Å². The molecule has 5 heteroatoms. The van der Waals surface area contributed by atoms with Gasteiger partial charge in [-0.25, -0.2) is 0 Å². The van der Waals surface area contributed by atoms with Crippen molar-refractivity contribution in [1.82, 2.24) is 0 Å². The van der Waals surface area contributed by atoms with Gasteiger partial charge < -0.3 is 24.1 Å². The normalized spacial score (nSPS) is 36.1. The van der Waals surface area contributed by atoms with E-state index in [4.69, 9.17) is 18.9 Å². The molecule has 188 valence electrons. The molecule has 0 radical (unpaired) electrons. The smallest absolute Gasteiger partial charge is 0.159 e. The average Bonchev–Trinajstić information content (AvgIpc) is 3.38. The topological polar surface area (TPSA) is 57.2 Å². The maximum atomic E-state index is 9.40. The quantitative estimate of drug-likeness (QED) is 0.427. The lowest BCUT2D eigenvalue weighted by molar-refractivity contribution is -0.192. The predicted octanol–water partition coefficient (Wildman–Crippen LogP) is 4.83. The van der Waals surface area contributed by atoms with Crippen molar-refractivity contribution < 1.29 is 24.1 Å². The highest BCUT2D eigenvalue weighted by atomic mass is 16.7. The summed E-state index contributed by atoms with van der Waals surface area (Å²) in [6.07, 6.45) is 11.9. The van der Waals surface area contributed by atoms with Crippen molar-refractivity contribution in [2.45, 2.75) is 103 Å². The largest absolute Gasteiger partial charge is 0.392 e. The van der Waals surface area contributed by atoms with Gasteiger partial charge in [-0.15, -0.1) is 11.8 Å². The van der Waals surface area contributed by atoms with Crippen LogP contribution in [0.1, 0.15) is 78.1 Å². The number of fused-ring (bicyclic) bond motifs is 1. The van der Waals surface area contributed by atoms with E-state index in [1.165, 1.54) is 5.57 Å². The summed E-state index contributed by atoms with van der Waals surface area (Å²) >= 11 is 0. The summed E-state index contributed by atoms with van der Waals surface area (Å²) in [6.45, 7) is 5.72. The molecule has 3 unspecified atom stereocenters. The van der Waals surface area contributed by atoms with Crippen molar-refractivity contribution in [3.8, 4) is 23.7 Å². The van der Waals surface area contributed by atoms with Crippen LogP contribution in [0.15, 0.2) is 11.6 Å². The van der Waals surface area contributed by atoms with Gasteiger partial charge in [0.25, 0.3) is 0 Å². The number of rotatable bonds is 7. The molecule has 4 rings (SSSR count). The van der Waals surface area contributed by atoms with E-state index in [2.05, 4.69) is 30.6 Å². The molecule has 2 aliphatic heterocycles. The predicted molar refractivity (Wildman–Crippen MR) is 131 cm³/mol. The molecule has 4 fully saturated rings. The second kappa shape index (κ2) is 13.1. The zero-order valence-corrected chi connectivity index (χ0v) is 21.0. The number of hydrogen-bond donors (Lipinski definition) is 1. The van der Waals surface area contributed by atoms with Crippen molar-refractivity contribution in [3.63, 3.8) is 0 Å². The Morgan fingerprint density at radius 2 is 1.85 bits per heavy atom. The molecular formula is C29H42O5. The van der Waals surface area contributed by atoms with E-state index in [1.807, 2.05) is 13.0 Å². The zero-order valence-electron chi connectivity index (χ0n) is 21.0. The van der Waals surface area contributed by atoms with Crippen LogP contribution in [0.4, 0.5) is 0 Å². The SMILES string of the molecule is CC#CCC(C)[C@@H](C#C[C@@H]1[C@H]2CC(=CCO)C[C@H]2C[C@H]1OC1CCCCO1)OC1CCCCO1. The van der Waals surface area contributed by atoms with Crippen molar-refractivity contribution >= 4 is 0 Å². The Bertz CT molecular complexity index is 787. The van der Waals surface area contributed by atoms with Crippen LogP contribution in [0.25, 0.3) is 0 Å². The van der Waals surface area contributed by atoms with Crippen LogP contribution in [-0.2, 0) is 18.9 Å². The van der Waals surface area contributed by atoms with Gasteiger partial charge in [0.15, 0.2) is 12.6 Å². The molecule has 0 aromatic rings. The van der Waals surface area contributed by atoms with Crippen molar-refractivity contribution in [2.75, 3.05) is 19.8 Å². The first-order valence-corrected chi connectivity index (χ1v) is 13.4. The lowest BCUT2D eigenvalue weighted by atomic mass is 9.90. The third-order valence-electron chi connectivity index (χ3n) is 7.82. The summed E-state index contributed by atoms with van der Waals surface area (Å²) in [5, 5.41) is 9.40. The monoisotopic (exact) mass is 470 g/mol. The van der Waals surface area contributed by atoms with E-state index in [9.17, 15) is 5.11 Å². The van der Waals surface area contributed by atoms with Crippen LogP contribution in [0.2, 0.25) is 0 Å². The Kier molecular flexibility index (Phi) is 9.92. The molecule has 0 aromatic heterocycles. The van der Waals surface area contributed by atoms with Gasteiger partial charge in [0.1, 0.15) is 6.10 Å². The van der Waals surface area contributed by atoms with E-state index in [-0.39, 0.29) is 43.2 Å². The Balaban J connectivity index is 1.51. The van der Waals surface area contributed by atoms with Crippen LogP contribution in [-0.4, -0.2) is 49.7 Å². The van der Waals surface area contributed by atoms with Crippen LogP contribution in [0.5, 0.6) is 0 Å². The highest BCUT2D eigenvalue weighted by Gasteiger charge is 2.47. The van der Waals surface area contributed by atoms with Crippen LogP contribution >= 0.6 is 0 Å². The van der Waals surface area contributed by atoms with E-state index in [1.54, 1.807) is 0 Å². The standard InChI is InChI=1S/C29H42O5/c1-3-4-9-21(2)26(33-28-10-5-7-16-31-28)13-12-24-25-19-22(14-15-30)18-23(25)20-27(24)34-29-11-6-8-17-32-29/h14,21,23-30H,5-11,15-20H2,1-2H3/t21?,23-,24+,25-,26+,27+,28?,29?/m0/s1. The highest BCUT2D eigenvalue weighted by Crippen LogP contribution is 2.51. The van der Waals surface area contributed by atoms with Crippen LogP contribution in [0, 0.1) is 47.4 Å². The first-order valence-electron chi connectivity index (χ1n) is 13.4. The molecule has 0 amide bonds. The third kappa shape index (κ3) is 6.87. The molecule has 0 bridgehead atoms. The lowest BCUT2D eigenvalue weighted by Crippen LogP contribution is -2.32. The Morgan fingerprint density at radius 1 is 1.09 bits per heavy atom. The molecule has 2 heterocycles. The van der Waals surface area contributed by atoms with Gasteiger partial charge >= 0.3 is 0 Å². The number of hydrogen-bond acceptors (Lipinski definition) is 5. The maximum Gasteiger partial charge on any atom is 0.159 e. The molecule has 34 heavy (non-hydrogen) atoms. The molecule has 1 N–H and O–H groups in total. The van der Waals surface area contributed by atoms with Gasteiger partial charge in [0, 0.05) is 25.6 Å². The van der Waals surface area contributed by atoms with Crippen molar-refractivity contribution in [3.05, 3.63) is 11.6 Å². The van der Waals surface area contributed by atoms with Gasteiger partial charge in [-0.1, -0.05) is 30.4 Å². The second-order valence-corrected chi connectivity index (χ2v) is 10.4. The van der Waals surface area contributed by atoms with Gasteiger partial charge in [-0.2, -0.15) is 0 Å². The number of allylic oxidation sites excluding steroid dienone is 1. The molecule has 5 nitrogen and oxygen atoms in total. The van der Waals surface area contributed by atoms with Gasteiger partial charge in [0.05, 0.1) is 18.6 Å². The third-order valence-corrected chi connectivity index (χ3v) is 7.82. The van der Waals surface area contributed by atoms with Crippen LogP contribution in [0.3, 0.4) is 0 Å². The minimum absolute atomic E-state index is 0.0959. The summed E-state index contributed by atoms with van der Waals surface area (Å²) in [5.74, 6) is 14.8. The Hall–Kier alpha value is -1.34. The van der Waals surface area contributed by atoms with E-state index in [0.29, 0.717) is 11.8 Å². The van der Waals surface area contributed by atoms with Gasteiger partial charge in [-0.3, -0.25) is 0 Å². The van der Waals surface area contributed by atoms with Gasteiger partial charge in [0.2, 0.25) is 0 Å². The molecule has 0 aromatic carbocycles. The van der Waals surface area contributed by atoms with Crippen molar-refractivity contribution in [1.29, 1.82) is 0 Å². The summed E-state index contributed by atoms with van der Waals surface area (Å²) in [4.78, 5) is 0.